The Morgan fingerprint density at radius 2 is 1.63 bits per heavy atom. The maximum atomic E-state index is 14.2. The van der Waals surface area contributed by atoms with Crippen molar-refractivity contribution in [2.45, 2.75) is 174 Å². The van der Waals surface area contributed by atoms with Gasteiger partial charge in [-0.3, -0.25) is 4.79 Å². The number of nitrogens with zero attached hydrogens (tertiary/aromatic N) is 1. The quantitative estimate of drug-likeness (QED) is 0.268. The van der Waals surface area contributed by atoms with Crippen molar-refractivity contribution in [1.29, 1.82) is 0 Å². The van der Waals surface area contributed by atoms with E-state index in [-0.39, 0.29) is 54.6 Å². The number of carbonyl (C=O) groups is 1. The molecule has 12 nitrogen and oxygen atoms in total. The summed E-state index contributed by atoms with van der Waals surface area (Å²) in [6.45, 7) is 22.3. The number of aliphatic hydroxyl groups excluding tert-OH is 3. The van der Waals surface area contributed by atoms with Crippen LogP contribution in [0, 0.1) is 35.5 Å². The van der Waals surface area contributed by atoms with Gasteiger partial charge in [0.1, 0.15) is 12.2 Å². The summed E-state index contributed by atoms with van der Waals surface area (Å²) in [5.41, 5.74) is -0.726. The molecule has 4 unspecified atom stereocenters. The maximum absolute atomic E-state index is 14.2. The van der Waals surface area contributed by atoms with Crippen LogP contribution < -0.4 is 5.32 Å². The smallest absolute Gasteiger partial charge is 0.311 e. The van der Waals surface area contributed by atoms with Crippen LogP contribution in [0.15, 0.2) is 0 Å². The molecule has 12 heteroatoms. The number of aliphatic hydroxyl groups is 3. The van der Waals surface area contributed by atoms with Crippen LogP contribution in [0.3, 0.4) is 0 Å². The first-order chi connectivity index (χ1) is 23.7. The highest BCUT2D eigenvalue weighted by Crippen LogP contribution is 2.42. The third-order valence-corrected chi connectivity index (χ3v) is 12.5. The number of carbonyl (C=O) groups excluding carboxylic acids is 1. The van der Waals surface area contributed by atoms with Gasteiger partial charge >= 0.3 is 5.97 Å². The van der Waals surface area contributed by atoms with Gasteiger partial charge in [-0.1, -0.05) is 34.6 Å². The topological polar surface area (TPSA) is 148 Å². The molecular weight excluding hydrogens is 656 g/mol. The Morgan fingerprint density at radius 3 is 2.20 bits per heavy atom. The van der Waals surface area contributed by atoms with Gasteiger partial charge < -0.3 is 54.0 Å². The Morgan fingerprint density at radius 1 is 0.980 bits per heavy atom. The summed E-state index contributed by atoms with van der Waals surface area (Å²) in [6, 6.07) is -0.396. The van der Waals surface area contributed by atoms with Crippen molar-refractivity contribution in [2.24, 2.45) is 35.5 Å². The van der Waals surface area contributed by atoms with Crippen molar-refractivity contribution in [3.05, 3.63) is 0 Å². The molecule has 0 radical (unpaired) electrons. The number of cyclic esters (lactones) is 1. The summed E-state index contributed by atoms with van der Waals surface area (Å²) in [5.74, 6) is -3.34. The van der Waals surface area contributed by atoms with Gasteiger partial charge in [0.2, 0.25) is 0 Å². The van der Waals surface area contributed by atoms with E-state index in [2.05, 4.69) is 19.2 Å². The number of rotatable bonds is 8. The van der Waals surface area contributed by atoms with Crippen LogP contribution in [0.5, 0.6) is 0 Å². The molecule has 0 aliphatic carbocycles. The molecule has 4 N–H and O–H groups in total. The van der Waals surface area contributed by atoms with E-state index < -0.39 is 66.0 Å². The molecule has 0 amide bonds. The normalized spacial score (nSPS) is 48.5. The standard InChI is InChI=1S/C39H74N2O10/c1-15-31-24(5)33(43)27(8)40-19-21(2)16-22(3)34(51-39(11)36(44)30(41(12)13)17-23(4)50-39)25(6)35(26(7)37(45)48-31)49-32-18-38(10,46-14)29(20-42)28(9)47-32/h21-36,40,42-44H,15-20H2,1-14H3/t21-,22+,23-,24+,25-,26-,27-,28+,29?,30?,31-,32+,33?,34?,35+,36-,38-,39-/m1/s1. The molecule has 18 atom stereocenters. The minimum atomic E-state index is -1.33. The Kier molecular flexibility index (Phi) is 16.2. The molecule has 300 valence electrons. The number of likely N-dealkylation sites (N-methyl/N-ethyl adjacent to an activating group) is 1. The molecule has 0 bridgehead atoms. The minimum absolute atomic E-state index is 0.0596. The minimum Gasteiger partial charge on any atom is -0.462 e. The number of hydrogen-bond acceptors (Lipinski definition) is 12. The van der Waals surface area contributed by atoms with Crippen LogP contribution in [-0.4, -0.2) is 133 Å². The molecule has 3 aliphatic heterocycles. The first kappa shape index (κ1) is 44.5. The number of hydrogen-bond donors (Lipinski definition) is 4. The lowest BCUT2D eigenvalue weighted by Crippen LogP contribution is -2.63. The number of nitrogens with one attached hydrogen (secondary N) is 1. The summed E-state index contributed by atoms with van der Waals surface area (Å²) in [5, 5.41) is 36.8. The Labute approximate surface area is 308 Å². The highest BCUT2D eigenvalue weighted by molar-refractivity contribution is 5.73. The second-order valence-corrected chi connectivity index (χ2v) is 17.0. The second kappa shape index (κ2) is 18.6. The summed E-state index contributed by atoms with van der Waals surface area (Å²) in [6.07, 6.45) is -2.40. The van der Waals surface area contributed by atoms with E-state index in [4.69, 9.17) is 28.4 Å². The third kappa shape index (κ3) is 10.4. The molecule has 3 fully saturated rings. The SMILES string of the molecule is CC[C@H]1OC(=O)[C@H](C)[C@@H](O[C@H]2C[C@@](C)(OC)C(CO)[C@H](C)O2)[C@H](C)C(O[C@@]2(C)O[C@H](C)CC(N(C)C)[C@H]2O)[C@@H](C)C[C@@H](C)CN[C@H](C)C(O)[C@H]1C. The van der Waals surface area contributed by atoms with Crippen LogP contribution in [0.4, 0.5) is 0 Å². The van der Waals surface area contributed by atoms with Crippen LogP contribution in [0.1, 0.15) is 102 Å². The van der Waals surface area contributed by atoms with E-state index >= 15 is 0 Å². The lowest BCUT2D eigenvalue weighted by Gasteiger charge is -2.51. The maximum Gasteiger partial charge on any atom is 0.311 e. The van der Waals surface area contributed by atoms with Crippen LogP contribution in [0.2, 0.25) is 0 Å². The van der Waals surface area contributed by atoms with E-state index in [1.165, 1.54) is 0 Å². The molecule has 3 heterocycles. The van der Waals surface area contributed by atoms with Crippen molar-refractivity contribution >= 4 is 5.97 Å². The first-order valence-corrected chi connectivity index (χ1v) is 19.5. The monoisotopic (exact) mass is 731 g/mol. The molecule has 51 heavy (non-hydrogen) atoms. The number of esters is 1. The van der Waals surface area contributed by atoms with Crippen LogP contribution in [-0.2, 0) is 33.2 Å². The predicted octanol–water partition coefficient (Wildman–Crippen LogP) is 3.97. The number of ether oxygens (including phenoxy) is 6. The highest BCUT2D eigenvalue weighted by Gasteiger charge is 2.52. The van der Waals surface area contributed by atoms with E-state index in [9.17, 15) is 20.1 Å². The van der Waals surface area contributed by atoms with Crippen molar-refractivity contribution in [1.82, 2.24) is 10.2 Å². The Hall–Kier alpha value is -0.930. The fraction of sp³-hybridized carbons (Fsp3) is 0.974. The molecule has 0 aromatic carbocycles. The average Bonchev–Trinajstić information content (AvgIpc) is 3.07. The zero-order valence-electron chi connectivity index (χ0n) is 34.1. The molecule has 3 aliphatic rings. The van der Waals surface area contributed by atoms with Gasteiger partial charge in [-0.2, -0.15) is 0 Å². The van der Waals surface area contributed by atoms with Crippen LogP contribution >= 0.6 is 0 Å². The summed E-state index contributed by atoms with van der Waals surface area (Å²) in [7, 11) is 5.54. The van der Waals surface area contributed by atoms with Gasteiger partial charge in [-0.25, -0.2) is 0 Å². The van der Waals surface area contributed by atoms with Crippen molar-refractivity contribution in [3.8, 4) is 0 Å². The number of methoxy groups -OCH3 is 1. The molecule has 0 saturated carbocycles. The molecule has 0 aromatic rings. The zero-order valence-corrected chi connectivity index (χ0v) is 34.1. The average molecular weight is 731 g/mol. The van der Waals surface area contributed by atoms with E-state index in [1.807, 2.05) is 81.3 Å². The Balaban J connectivity index is 2.12. The summed E-state index contributed by atoms with van der Waals surface area (Å²) < 4.78 is 39.0. The Bertz CT molecular complexity index is 1080. The van der Waals surface area contributed by atoms with Gasteiger partial charge in [0, 0.05) is 43.4 Å². The lowest BCUT2D eigenvalue weighted by atomic mass is 9.79. The summed E-state index contributed by atoms with van der Waals surface area (Å²) >= 11 is 0. The molecule has 3 saturated heterocycles. The summed E-state index contributed by atoms with van der Waals surface area (Å²) in [4.78, 5) is 16.2. The van der Waals surface area contributed by atoms with Crippen molar-refractivity contribution < 1.29 is 48.5 Å². The highest BCUT2D eigenvalue weighted by atomic mass is 16.7. The first-order valence-electron chi connectivity index (χ1n) is 19.5. The van der Waals surface area contributed by atoms with E-state index in [0.29, 0.717) is 25.8 Å². The van der Waals surface area contributed by atoms with Crippen molar-refractivity contribution in [2.75, 3.05) is 34.4 Å². The van der Waals surface area contributed by atoms with E-state index in [0.717, 1.165) is 6.42 Å². The second-order valence-electron chi connectivity index (χ2n) is 17.0. The fourth-order valence-corrected chi connectivity index (χ4v) is 9.00. The van der Waals surface area contributed by atoms with Crippen LogP contribution in [0.25, 0.3) is 0 Å². The third-order valence-electron chi connectivity index (χ3n) is 12.5. The fourth-order valence-electron chi connectivity index (χ4n) is 9.00. The molecule has 0 aromatic heterocycles. The predicted molar refractivity (Wildman–Crippen MR) is 196 cm³/mol. The molecule has 3 rings (SSSR count). The van der Waals surface area contributed by atoms with Gasteiger partial charge in [-0.05, 0) is 93.3 Å². The molecular formula is C39H74N2O10. The van der Waals surface area contributed by atoms with Gasteiger partial charge in [0.05, 0.1) is 48.6 Å². The van der Waals surface area contributed by atoms with Crippen molar-refractivity contribution in [3.63, 3.8) is 0 Å². The largest absolute Gasteiger partial charge is 0.462 e. The zero-order chi connectivity index (χ0) is 38.6. The van der Waals surface area contributed by atoms with Gasteiger partial charge in [0.15, 0.2) is 12.1 Å². The molecule has 0 spiro atoms. The lowest BCUT2D eigenvalue weighted by molar-refractivity contribution is -0.350. The van der Waals surface area contributed by atoms with E-state index in [1.54, 1.807) is 7.11 Å². The van der Waals surface area contributed by atoms with Gasteiger partial charge in [0.25, 0.3) is 0 Å². The van der Waals surface area contributed by atoms with Gasteiger partial charge in [-0.15, -0.1) is 0 Å².